The number of thioether (sulfide) groups is 1. The van der Waals surface area contributed by atoms with Crippen molar-refractivity contribution in [2.24, 2.45) is 0 Å². The van der Waals surface area contributed by atoms with Crippen molar-refractivity contribution in [2.75, 3.05) is 25.5 Å². The smallest absolute Gasteiger partial charge is 0.139 e. The van der Waals surface area contributed by atoms with Crippen LogP contribution < -0.4 is 5.32 Å². The molecule has 0 radical (unpaired) electrons. The maximum Gasteiger partial charge on any atom is 0.139 e. The van der Waals surface area contributed by atoms with Crippen molar-refractivity contribution < 1.29 is 13.5 Å². The highest BCUT2D eigenvalue weighted by molar-refractivity contribution is 7.99. The number of benzene rings is 1. The van der Waals surface area contributed by atoms with Crippen molar-refractivity contribution in [1.29, 1.82) is 0 Å². The molecule has 1 aromatic carbocycles. The van der Waals surface area contributed by atoms with Gasteiger partial charge in [0, 0.05) is 42.5 Å². The van der Waals surface area contributed by atoms with E-state index < -0.39 is 11.6 Å². The van der Waals surface area contributed by atoms with E-state index in [1.54, 1.807) is 0 Å². The van der Waals surface area contributed by atoms with Crippen LogP contribution in [0, 0.1) is 11.6 Å². The normalized spacial score (nSPS) is 17.0. The van der Waals surface area contributed by atoms with Gasteiger partial charge in [-0.3, -0.25) is 0 Å². The quantitative estimate of drug-likeness (QED) is 0.658. The number of halogens is 2. The molecule has 0 aromatic heterocycles. The molecule has 0 spiro atoms. The summed E-state index contributed by atoms with van der Waals surface area (Å²) in [4.78, 5) is 0.505. The minimum absolute atomic E-state index is 0.480. The molecular weight excluding hydrogens is 256 g/mol. The van der Waals surface area contributed by atoms with Crippen LogP contribution in [0.15, 0.2) is 23.1 Å². The number of ether oxygens (including phenoxy) is 1. The summed E-state index contributed by atoms with van der Waals surface area (Å²) < 4.78 is 31.3. The molecule has 1 fully saturated rings. The average Bonchev–Trinajstić information content (AvgIpc) is 2.38. The first-order valence-corrected chi connectivity index (χ1v) is 7.13. The van der Waals surface area contributed by atoms with Gasteiger partial charge in [-0.2, -0.15) is 0 Å². The van der Waals surface area contributed by atoms with E-state index in [1.807, 2.05) is 0 Å². The second kappa shape index (κ2) is 7.07. The van der Waals surface area contributed by atoms with Gasteiger partial charge < -0.3 is 10.1 Å². The van der Waals surface area contributed by atoms with Crippen LogP contribution in [0.4, 0.5) is 8.78 Å². The van der Waals surface area contributed by atoms with Crippen molar-refractivity contribution in [1.82, 2.24) is 5.32 Å². The molecule has 1 aliphatic rings. The zero-order chi connectivity index (χ0) is 12.8. The van der Waals surface area contributed by atoms with E-state index in [2.05, 4.69) is 5.32 Å². The fourth-order valence-corrected chi connectivity index (χ4v) is 2.72. The summed E-state index contributed by atoms with van der Waals surface area (Å²) in [6.07, 6.45) is 2.07. The Balaban J connectivity index is 1.68. The van der Waals surface area contributed by atoms with Gasteiger partial charge in [0.25, 0.3) is 0 Å². The molecule has 1 heterocycles. The summed E-state index contributed by atoms with van der Waals surface area (Å²) in [5.41, 5.74) is 0. The van der Waals surface area contributed by atoms with E-state index in [1.165, 1.54) is 23.9 Å². The highest BCUT2D eigenvalue weighted by Crippen LogP contribution is 2.21. The van der Waals surface area contributed by atoms with Gasteiger partial charge in [0.15, 0.2) is 0 Å². The molecule has 18 heavy (non-hydrogen) atoms. The van der Waals surface area contributed by atoms with Crippen LogP contribution in [0.5, 0.6) is 0 Å². The lowest BCUT2D eigenvalue weighted by Gasteiger charge is -2.23. The van der Waals surface area contributed by atoms with Gasteiger partial charge in [0.1, 0.15) is 11.6 Å². The number of rotatable bonds is 5. The summed E-state index contributed by atoms with van der Waals surface area (Å²) in [5.74, 6) is -0.233. The lowest BCUT2D eigenvalue weighted by Crippen LogP contribution is -2.35. The summed E-state index contributed by atoms with van der Waals surface area (Å²) in [6, 6.07) is 4.22. The fourth-order valence-electron chi connectivity index (χ4n) is 1.92. The zero-order valence-corrected chi connectivity index (χ0v) is 10.9. The summed E-state index contributed by atoms with van der Waals surface area (Å²) in [7, 11) is 0. The van der Waals surface area contributed by atoms with E-state index in [-0.39, 0.29) is 0 Å². The molecular formula is C13H17F2NOS. The second-order valence-electron chi connectivity index (χ2n) is 4.26. The largest absolute Gasteiger partial charge is 0.381 e. The van der Waals surface area contributed by atoms with Crippen LogP contribution in [-0.4, -0.2) is 31.6 Å². The SMILES string of the molecule is Fc1ccc(SCCNC2CCOCC2)c(F)c1. The minimum Gasteiger partial charge on any atom is -0.381 e. The molecule has 0 aliphatic carbocycles. The summed E-state index contributed by atoms with van der Waals surface area (Å²) >= 11 is 1.41. The Morgan fingerprint density at radius 2 is 2.06 bits per heavy atom. The number of nitrogens with one attached hydrogen (secondary N) is 1. The Hall–Kier alpha value is -0.650. The van der Waals surface area contributed by atoms with Crippen LogP contribution >= 0.6 is 11.8 Å². The number of hydrogen-bond donors (Lipinski definition) is 1. The van der Waals surface area contributed by atoms with Gasteiger partial charge >= 0.3 is 0 Å². The summed E-state index contributed by atoms with van der Waals surface area (Å²) in [5, 5.41) is 3.43. The van der Waals surface area contributed by atoms with Crippen LogP contribution in [0.2, 0.25) is 0 Å². The highest BCUT2D eigenvalue weighted by atomic mass is 32.2. The number of hydrogen-bond acceptors (Lipinski definition) is 3. The molecule has 2 nitrogen and oxygen atoms in total. The first kappa shape index (κ1) is 13.8. The van der Waals surface area contributed by atoms with Crippen LogP contribution in [0.25, 0.3) is 0 Å². The first-order valence-electron chi connectivity index (χ1n) is 6.14. The molecule has 2 rings (SSSR count). The monoisotopic (exact) mass is 273 g/mol. The van der Waals surface area contributed by atoms with Gasteiger partial charge in [-0.05, 0) is 25.0 Å². The minimum atomic E-state index is -0.530. The maximum atomic E-state index is 13.3. The third kappa shape index (κ3) is 4.23. The molecule has 0 atom stereocenters. The molecule has 0 amide bonds. The van der Waals surface area contributed by atoms with E-state index in [0.29, 0.717) is 10.9 Å². The third-order valence-corrected chi connectivity index (χ3v) is 3.96. The van der Waals surface area contributed by atoms with Gasteiger partial charge in [0.2, 0.25) is 0 Å². The molecule has 1 aromatic rings. The Morgan fingerprint density at radius 1 is 1.28 bits per heavy atom. The van der Waals surface area contributed by atoms with Crippen LogP contribution in [0.1, 0.15) is 12.8 Å². The van der Waals surface area contributed by atoms with Crippen molar-refractivity contribution in [2.45, 2.75) is 23.8 Å². The van der Waals surface area contributed by atoms with Gasteiger partial charge in [-0.25, -0.2) is 8.78 Å². The van der Waals surface area contributed by atoms with Crippen molar-refractivity contribution >= 4 is 11.8 Å². The van der Waals surface area contributed by atoms with Crippen molar-refractivity contribution in [3.63, 3.8) is 0 Å². The Bertz CT molecular complexity index is 383. The molecule has 0 bridgehead atoms. The molecule has 1 saturated heterocycles. The Morgan fingerprint density at radius 3 is 2.78 bits per heavy atom. The van der Waals surface area contributed by atoms with Crippen LogP contribution in [0.3, 0.4) is 0 Å². The zero-order valence-electron chi connectivity index (χ0n) is 10.1. The molecule has 1 N–H and O–H groups in total. The van der Waals surface area contributed by atoms with Gasteiger partial charge in [-0.1, -0.05) is 0 Å². The highest BCUT2D eigenvalue weighted by Gasteiger charge is 2.12. The summed E-state index contributed by atoms with van der Waals surface area (Å²) in [6.45, 7) is 2.46. The lowest BCUT2D eigenvalue weighted by atomic mass is 10.1. The topological polar surface area (TPSA) is 21.3 Å². The Kier molecular flexibility index (Phi) is 5.41. The fraction of sp³-hybridized carbons (Fsp3) is 0.538. The molecule has 0 unspecified atom stereocenters. The van der Waals surface area contributed by atoms with Gasteiger partial charge in [-0.15, -0.1) is 11.8 Å². The molecule has 5 heteroatoms. The molecule has 100 valence electrons. The predicted octanol–water partition coefficient (Wildman–Crippen LogP) is 2.83. The lowest BCUT2D eigenvalue weighted by molar-refractivity contribution is 0.0786. The van der Waals surface area contributed by atoms with Gasteiger partial charge in [0.05, 0.1) is 0 Å². The third-order valence-electron chi connectivity index (χ3n) is 2.91. The standard InChI is InChI=1S/C13H17F2NOS/c14-10-1-2-13(12(15)9-10)18-8-5-16-11-3-6-17-7-4-11/h1-2,9,11,16H,3-8H2. The van der Waals surface area contributed by atoms with Crippen molar-refractivity contribution in [3.8, 4) is 0 Å². The van der Waals surface area contributed by atoms with Crippen molar-refractivity contribution in [3.05, 3.63) is 29.8 Å². The second-order valence-corrected chi connectivity index (χ2v) is 5.40. The Labute approximate surface area is 110 Å². The average molecular weight is 273 g/mol. The van der Waals surface area contributed by atoms with E-state index in [9.17, 15) is 8.78 Å². The van der Waals surface area contributed by atoms with E-state index >= 15 is 0 Å². The van der Waals surface area contributed by atoms with E-state index in [4.69, 9.17) is 4.74 Å². The predicted molar refractivity (Wildman–Crippen MR) is 68.9 cm³/mol. The maximum absolute atomic E-state index is 13.3. The van der Waals surface area contributed by atoms with E-state index in [0.717, 1.165) is 44.4 Å². The molecule has 0 saturated carbocycles. The van der Waals surface area contributed by atoms with Crippen LogP contribution in [-0.2, 0) is 4.74 Å². The molecule has 1 aliphatic heterocycles. The first-order chi connectivity index (χ1) is 8.75.